The molecule has 1 amide bonds. The summed E-state index contributed by atoms with van der Waals surface area (Å²) in [6.45, 7) is 4.00. The van der Waals surface area contributed by atoms with Gasteiger partial charge in [-0.05, 0) is 33.7 Å². The van der Waals surface area contributed by atoms with Gasteiger partial charge in [-0.15, -0.1) is 0 Å². The van der Waals surface area contributed by atoms with Crippen LogP contribution in [0.3, 0.4) is 0 Å². The molecule has 1 aliphatic rings. The minimum absolute atomic E-state index is 0.0244. The fourth-order valence-corrected chi connectivity index (χ4v) is 4.64. The molecular weight excluding hydrogens is 384 g/mol. The predicted molar refractivity (Wildman–Crippen MR) is 124 cm³/mol. The summed E-state index contributed by atoms with van der Waals surface area (Å²) in [5, 5.41) is 7.94. The van der Waals surface area contributed by atoms with Gasteiger partial charge in [-0.1, -0.05) is 72.8 Å². The lowest BCUT2D eigenvalue weighted by Gasteiger charge is -2.32. The van der Waals surface area contributed by atoms with Gasteiger partial charge >= 0.3 is 0 Å². The highest BCUT2D eigenvalue weighted by atomic mass is 16.5. The van der Waals surface area contributed by atoms with Gasteiger partial charge in [-0.25, -0.2) is 0 Å². The lowest BCUT2D eigenvalue weighted by molar-refractivity contribution is -0.937. The second-order valence-electron chi connectivity index (χ2n) is 8.16. The van der Waals surface area contributed by atoms with Crippen molar-refractivity contribution in [3.8, 4) is 0 Å². The maximum atomic E-state index is 13.0. The highest BCUT2D eigenvalue weighted by Gasteiger charge is 2.28. The summed E-state index contributed by atoms with van der Waals surface area (Å²) in [6.07, 6.45) is 0. The first-order chi connectivity index (χ1) is 15.3. The van der Waals surface area contributed by atoms with Crippen LogP contribution in [0.1, 0.15) is 22.0 Å². The normalized spacial score (nSPS) is 15.7. The van der Waals surface area contributed by atoms with Gasteiger partial charge in [0.25, 0.3) is 5.91 Å². The number of quaternary nitrogens is 1. The van der Waals surface area contributed by atoms with Crippen molar-refractivity contribution in [1.29, 1.82) is 0 Å². The number of morpholine rings is 1. The molecule has 0 spiro atoms. The Morgan fingerprint density at radius 3 is 2.39 bits per heavy atom. The van der Waals surface area contributed by atoms with Crippen molar-refractivity contribution in [1.82, 2.24) is 5.32 Å². The molecule has 1 saturated heterocycles. The van der Waals surface area contributed by atoms with Crippen LogP contribution >= 0.6 is 0 Å². The maximum absolute atomic E-state index is 13.0. The van der Waals surface area contributed by atoms with Crippen LogP contribution in [-0.4, -0.2) is 38.8 Å². The lowest BCUT2D eigenvalue weighted by Crippen LogP contribution is -3.15. The number of benzene rings is 4. The molecule has 1 fully saturated rings. The van der Waals surface area contributed by atoms with Crippen LogP contribution in [0.5, 0.6) is 0 Å². The van der Waals surface area contributed by atoms with E-state index in [2.05, 4.69) is 53.8 Å². The number of amides is 1. The van der Waals surface area contributed by atoms with Gasteiger partial charge in [-0.3, -0.25) is 4.79 Å². The Morgan fingerprint density at radius 1 is 0.839 bits per heavy atom. The fourth-order valence-electron chi connectivity index (χ4n) is 4.64. The minimum atomic E-state index is -0.0244. The summed E-state index contributed by atoms with van der Waals surface area (Å²) < 4.78 is 5.60. The molecule has 0 unspecified atom stereocenters. The number of carbonyl (C=O) groups excluding carboxylic acids is 1. The van der Waals surface area contributed by atoms with E-state index in [-0.39, 0.29) is 11.9 Å². The number of carbonyl (C=O) groups is 1. The molecule has 1 aliphatic heterocycles. The summed E-state index contributed by atoms with van der Waals surface area (Å²) in [7, 11) is 0. The van der Waals surface area contributed by atoms with Crippen LogP contribution in [0.4, 0.5) is 0 Å². The van der Waals surface area contributed by atoms with Crippen molar-refractivity contribution in [3.05, 3.63) is 96.1 Å². The van der Waals surface area contributed by atoms with Crippen molar-refractivity contribution in [3.63, 3.8) is 0 Å². The Hall–Kier alpha value is -3.21. The molecule has 156 valence electrons. The number of fused-ring (bicyclic) bond motifs is 2. The number of rotatable bonds is 5. The molecule has 2 N–H and O–H groups in total. The molecule has 4 heteroatoms. The second-order valence-corrected chi connectivity index (χ2v) is 8.16. The van der Waals surface area contributed by atoms with E-state index in [1.807, 2.05) is 36.4 Å². The summed E-state index contributed by atoms with van der Waals surface area (Å²) in [4.78, 5) is 14.5. The Labute approximate surface area is 182 Å². The molecule has 0 aromatic heterocycles. The zero-order valence-corrected chi connectivity index (χ0v) is 17.5. The predicted octanol–water partition coefficient (Wildman–Crippen LogP) is 3.38. The molecule has 1 atom stereocenters. The fraction of sp³-hybridized carbons (Fsp3) is 0.222. The number of nitrogens with one attached hydrogen (secondary N) is 2. The lowest BCUT2D eigenvalue weighted by atomic mass is 9.97. The zero-order valence-electron chi connectivity index (χ0n) is 17.5. The molecule has 4 aromatic rings. The van der Waals surface area contributed by atoms with Crippen molar-refractivity contribution in [2.45, 2.75) is 6.04 Å². The highest BCUT2D eigenvalue weighted by molar-refractivity contribution is 5.98. The van der Waals surface area contributed by atoms with Gasteiger partial charge in [0.1, 0.15) is 19.1 Å². The Bertz CT molecular complexity index is 1210. The quantitative estimate of drug-likeness (QED) is 0.529. The Kier molecular flexibility index (Phi) is 5.65. The third kappa shape index (κ3) is 4.18. The average Bonchev–Trinajstić information content (AvgIpc) is 2.84. The smallest absolute Gasteiger partial charge is 0.251 e. The molecule has 0 radical (unpaired) electrons. The standard InChI is InChI=1S/C27H26N2O2/c30-27(23-13-12-20-6-1-2-8-22(20)18-23)28-19-26(29-14-16-31-17-15-29)25-11-5-9-21-7-3-4-10-24(21)25/h1-13,18,26H,14-17,19H2,(H,28,30)/p+1/t26-/m1/s1. The Balaban J connectivity index is 1.42. The number of hydrogen-bond donors (Lipinski definition) is 2. The molecular formula is C27H27N2O2+. The van der Waals surface area contributed by atoms with Gasteiger partial charge in [0.05, 0.1) is 19.8 Å². The van der Waals surface area contributed by atoms with Crippen molar-refractivity contribution >= 4 is 27.5 Å². The molecule has 0 saturated carbocycles. The number of ether oxygens (including phenoxy) is 1. The molecule has 0 aliphatic carbocycles. The topological polar surface area (TPSA) is 42.8 Å². The van der Waals surface area contributed by atoms with E-state index < -0.39 is 0 Å². The third-order valence-corrected chi connectivity index (χ3v) is 6.31. The first-order valence-electron chi connectivity index (χ1n) is 11.0. The molecule has 4 aromatic carbocycles. The largest absolute Gasteiger partial charge is 0.370 e. The maximum Gasteiger partial charge on any atom is 0.251 e. The Morgan fingerprint density at radius 2 is 1.55 bits per heavy atom. The second kappa shape index (κ2) is 8.88. The minimum Gasteiger partial charge on any atom is -0.370 e. The molecule has 0 bridgehead atoms. The molecule has 1 heterocycles. The van der Waals surface area contributed by atoms with Crippen LogP contribution in [-0.2, 0) is 4.74 Å². The van der Waals surface area contributed by atoms with Crippen molar-refractivity contribution < 1.29 is 14.4 Å². The molecule has 31 heavy (non-hydrogen) atoms. The highest BCUT2D eigenvalue weighted by Crippen LogP contribution is 2.23. The van der Waals surface area contributed by atoms with Gasteiger partial charge in [0.2, 0.25) is 0 Å². The number of hydrogen-bond acceptors (Lipinski definition) is 2. The first kappa shape index (κ1) is 19.7. The van der Waals surface area contributed by atoms with Crippen LogP contribution in [0.25, 0.3) is 21.5 Å². The first-order valence-corrected chi connectivity index (χ1v) is 11.0. The van der Waals surface area contributed by atoms with Crippen LogP contribution in [0, 0.1) is 0 Å². The van der Waals surface area contributed by atoms with Gasteiger partial charge in [0, 0.05) is 11.1 Å². The van der Waals surface area contributed by atoms with E-state index in [4.69, 9.17) is 4.74 Å². The summed E-state index contributed by atoms with van der Waals surface area (Å²) in [5.74, 6) is -0.0244. The van der Waals surface area contributed by atoms with E-state index in [1.165, 1.54) is 21.2 Å². The summed E-state index contributed by atoms with van der Waals surface area (Å²) >= 11 is 0. The van der Waals surface area contributed by atoms with Gasteiger partial charge in [-0.2, -0.15) is 0 Å². The third-order valence-electron chi connectivity index (χ3n) is 6.31. The van der Waals surface area contributed by atoms with E-state index in [0.717, 1.165) is 37.1 Å². The molecule has 4 nitrogen and oxygen atoms in total. The van der Waals surface area contributed by atoms with Gasteiger partial charge < -0.3 is 15.0 Å². The van der Waals surface area contributed by atoms with Crippen LogP contribution in [0.2, 0.25) is 0 Å². The molecule has 5 rings (SSSR count). The van der Waals surface area contributed by atoms with E-state index >= 15 is 0 Å². The monoisotopic (exact) mass is 411 g/mol. The van der Waals surface area contributed by atoms with E-state index in [9.17, 15) is 4.79 Å². The SMILES string of the molecule is O=C(NC[C@H](c1cccc2ccccc12)[NH+]1CCOCC1)c1ccc2ccccc2c1. The van der Waals surface area contributed by atoms with Gasteiger partial charge in [0.15, 0.2) is 0 Å². The van der Waals surface area contributed by atoms with Crippen LogP contribution in [0.15, 0.2) is 84.9 Å². The average molecular weight is 412 g/mol. The van der Waals surface area contributed by atoms with E-state index in [1.54, 1.807) is 0 Å². The van der Waals surface area contributed by atoms with E-state index in [0.29, 0.717) is 12.1 Å². The summed E-state index contributed by atoms with van der Waals surface area (Å²) in [6, 6.07) is 29.2. The van der Waals surface area contributed by atoms with Crippen molar-refractivity contribution in [2.75, 3.05) is 32.8 Å². The van der Waals surface area contributed by atoms with Crippen LogP contribution < -0.4 is 10.2 Å². The summed E-state index contributed by atoms with van der Waals surface area (Å²) in [5.41, 5.74) is 1.99. The van der Waals surface area contributed by atoms with Crippen molar-refractivity contribution in [2.24, 2.45) is 0 Å². The zero-order chi connectivity index (χ0) is 21.0.